The molecule has 2 heterocycles. The van der Waals surface area contributed by atoms with E-state index in [4.69, 9.17) is 0 Å². The highest BCUT2D eigenvalue weighted by molar-refractivity contribution is 6.07. The van der Waals surface area contributed by atoms with Gasteiger partial charge in [0, 0.05) is 18.0 Å². The van der Waals surface area contributed by atoms with Crippen LogP contribution in [-0.4, -0.2) is 17.5 Å². The average molecular weight is 283 g/mol. The lowest BCUT2D eigenvalue weighted by molar-refractivity contribution is -0.122. The first kappa shape index (κ1) is 12.6. The van der Waals surface area contributed by atoms with Crippen LogP contribution in [0.3, 0.4) is 0 Å². The zero-order chi connectivity index (χ0) is 14.6. The van der Waals surface area contributed by atoms with Gasteiger partial charge in [-0.05, 0) is 42.5 Å². The van der Waals surface area contributed by atoms with Crippen molar-refractivity contribution in [1.82, 2.24) is 5.43 Å². The molecule has 0 radical (unpaired) electrons. The lowest BCUT2D eigenvalue weighted by atomic mass is 9.87. The highest BCUT2D eigenvalue weighted by Crippen LogP contribution is 2.52. The molecule has 1 spiro atoms. The highest BCUT2D eigenvalue weighted by atomic mass is 16.2. The predicted molar refractivity (Wildman–Crippen MR) is 78.9 cm³/mol. The van der Waals surface area contributed by atoms with Crippen molar-refractivity contribution in [1.29, 1.82) is 0 Å². The maximum Gasteiger partial charge on any atom is 0.240 e. The fraction of sp³-hybridized carbons (Fsp3) is 0.438. The summed E-state index contributed by atoms with van der Waals surface area (Å²) in [5.74, 6) is 0.247. The molecule has 1 aromatic carbocycles. The Morgan fingerprint density at radius 1 is 1.29 bits per heavy atom. The maximum absolute atomic E-state index is 12.0. The molecule has 0 bridgehead atoms. The molecular weight excluding hydrogens is 266 g/mol. The minimum absolute atomic E-state index is 0.0339. The summed E-state index contributed by atoms with van der Waals surface area (Å²) >= 11 is 0. The van der Waals surface area contributed by atoms with E-state index in [1.807, 2.05) is 19.1 Å². The van der Waals surface area contributed by atoms with Crippen LogP contribution in [0, 0.1) is 11.3 Å². The average Bonchev–Trinajstić information content (AvgIpc) is 3.21. The van der Waals surface area contributed by atoms with Gasteiger partial charge < -0.3 is 5.32 Å². The first-order chi connectivity index (χ1) is 10.1. The van der Waals surface area contributed by atoms with Gasteiger partial charge in [-0.2, -0.15) is 5.10 Å². The zero-order valence-electron chi connectivity index (χ0n) is 11.9. The van der Waals surface area contributed by atoms with Gasteiger partial charge in [-0.25, -0.2) is 5.43 Å². The second-order valence-electron chi connectivity index (χ2n) is 6.42. The Balaban J connectivity index is 1.70. The quantitative estimate of drug-likeness (QED) is 0.825. The summed E-state index contributed by atoms with van der Waals surface area (Å²) in [6.45, 7) is 2.02. The van der Waals surface area contributed by atoms with Crippen LogP contribution < -0.4 is 10.7 Å². The molecule has 2 N–H and O–H groups in total. The molecule has 1 aromatic rings. The van der Waals surface area contributed by atoms with Gasteiger partial charge in [-0.1, -0.05) is 13.0 Å². The number of benzene rings is 1. The van der Waals surface area contributed by atoms with Crippen LogP contribution in [0.4, 0.5) is 5.69 Å². The minimum atomic E-state index is -0.153. The number of amides is 2. The Bertz CT molecular complexity index is 689. The summed E-state index contributed by atoms with van der Waals surface area (Å²) in [5, 5.41) is 7.22. The van der Waals surface area contributed by atoms with Crippen LogP contribution in [0.25, 0.3) is 0 Å². The molecule has 2 aliphatic heterocycles. The van der Waals surface area contributed by atoms with Crippen molar-refractivity contribution in [3.8, 4) is 0 Å². The molecule has 5 nitrogen and oxygen atoms in total. The fourth-order valence-electron chi connectivity index (χ4n) is 3.28. The number of hydrazone groups is 1. The maximum atomic E-state index is 12.0. The molecular formula is C16H17N3O2. The van der Waals surface area contributed by atoms with Gasteiger partial charge in [0.1, 0.15) is 0 Å². The Labute approximate surface area is 122 Å². The standard InChI is InChI=1S/C16H17N3O2/c1-9-6-13(20)18-19-14(9)10-2-3-12-11(7-10)8-16(4-5-16)15(21)17-12/h2-3,7,9H,4-6,8H2,1H3,(H,17,21)(H,18,20). The molecule has 2 amide bonds. The van der Waals surface area contributed by atoms with Gasteiger partial charge in [-0.15, -0.1) is 0 Å². The van der Waals surface area contributed by atoms with E-state index in [0.29, 0.717) is 6.42 Å². The lowest BCUT2D eigenvalue weighted by Gasteiger charge is -2.26. The van der Waals surface area contributed by atoms with Crippen molar-refractivity contribution in [2.45, 2.75) is 32.6 Å². The Morgan fingerprint density at radius 2 is 2.10 bits per heavy atom. The third-order valence-corrected chi connectivity index (χ3v) is 4.77. The number of fused-ring (bicyclic) bond motifs is 1. The van der Waals surface area contributed by atoms with Gasteiger partial charge in [0.2, 0.25) is 11.8 Å². The van der Waals surface area contributed by atoms with Gasteiger partial charge in [0.05, 0.1) is 11.1 Å². The van der Waals surface area contributed by atoms with E-state index in [0.717, 1.165) is 36.2 Å². The van der Waals surface area contributed by atoms with E-state index in [9.17, 15) is 9.59 Å². The number of anilines is 1. The third kappa shape index (κ3) is 1.95. The minimum Gasteiger partial charge on any atom is -0.325 e. The first-order valence-electron chi connectivity index (χ1n) is 7.39. The summed E-state index contributed by atoms with van der Waals surface area (Å²) in [4.78, 5) is 23.4. The van der Waals surface area contributed by atoms with Crippen LogP contribution >= 0.6 is 0 Å². The topological polar surface area (TPSA) is 70.6 Å². The van der Waals surface area contributed by atoms with E-state index in [1.165, 1.54) is 5.56 Å². The van der Waals surface area contributed by atoms with Gasteiger partial charge >= 0.3 is 0 Å². The van der Waals surface area contributed by atoms with E-state index in [1.54, 1.807) is 0 Å². The molecule has 108 valence electrons. The number of hydrogen-bond acceptors (Lipinski definition) is 3. The van der Waals surface area contributed by atoms with Gasteiger partial charge in [0.15, 0.2) is 0 Å². The summed E-state index contributed by atoms with van der Waals surface area (Å²) in [7, 11) is 0. The van der Waals surface area contributed by atoms with Gasteiger partial charge in [-0.3, -0.25) is 9.59 Å². The molecule has 1 atom stereocenters. The van der Waals surface area contributed by atoms with Crippen molar-refractivity contribution < 1.29 is 9.59 Å². The zero-order valence-corrected chi connectivity index (χ0v) is 11.9. The number of rotatable bonds is 1. The van der Waals surface area contributed by atoms with E-state index in [2.05, 4.69) is 21.9 Å². The second kappa shape index (κ2) is 4.16. The smallest absolute Gasteiger partial charge is 0.240 e. The predicted octanol–water partition coefficient (Wildman–Crippen LogP) is 1.82. The molecule has 0 saturated heterocycles. The Kier molecular flexibility index (Phi) is 2.49. The van der Waals surface area contributed by atoms with Crippen LogP contribution in [0.15, 0.2) is 23.3 Å². The van der Waals surface area contributed by atoms with Crippen molar-refractivity contribution in [3.05, 3.63) is 29.3 Å². The Hall–Kier alpha value is -2.17. The fourth-order valence-corrected chi connectivity index (χ4v) is 3.28. The molecule has 1 unspecified atom stereocenters. The molecule has 5 heteroatoms. The van der Waals surface area contributed by atoms with Crippen LogP contribution in [-0.2, 0) is 16.0 Å². The molecule has 0 aromatic heterocycles. The first-order valence-corrected chi connectivity index (χ1v) is 7.39. The molecule has 1 aliphatic carbocycles. The monoisotopic (exact) mass is 283 g/mol. The molecule has 1 fully saturated rings. The summed E-state index contributed by atoms with van der Waals surface area (Å²) in [5.41, 5.74) is 6.44. The number of hydrogen-bond donors (Lipinski definition) is 2. The van der Waals surface area contributed by atoms with Crippen molar-refractivity contribution in [2.24, 2.45) is 16.4 Å². The second-order valence-corrected chi connectivity index (χ2v) is 6.42. The molecule has 1 saturated carbocycles. The number of nitrogens with zero attached hydrogens (tertiary/aromatic N) is 1. The van der Waals surface area contributed by atoms with Crippen LogP contribution in [0.5, 0.6) is 0 Å². The van der Waals surface area contributed by atoms with Crippen molar-refractivity contribution in [2.75, 3.05) is 5.32 Å². The molecule has 21 heavy (non-hydrogen) atoms. The third-order valence-electron chi connectivity index (χ3n) is 4.77. The van der Waals surface area contributed by atoms with E-state index in [-0.39, 0.29) is 23.1 Å². The number of carbonyl (C=O) groups is 2. The summed E-state index contributed by atoms with van der Waals surface area (Å²) in [6, 6.07) is 6.03. The van der Waals surface area contributed by atoms with Gasteiger partial charge in [0.25, 0.3) is 0 Å². The van der Waals surface area contributed by atoms with Crippen LogP contribution in [0.2, 0.25) is 0 Å². The van der Waals surface area contributed by atoms with E-state index < -0.39 is 0 Å². The number of nitrogens with one attached hydrogen (secondary N) is 2. The molecule has 3 aliphatic rings. The van der Waals surface area contributed by atoms with Crippen molar-refractivity contribution >= 4 is 23.2 Å². The normalized spacial score (nSPS) is 25.8. The largest absolute Gasteiger partial charge is 0.325 e. The Morgan fingerprint density at radius 3 is 2.81 bits per heavy atom. The van der Waals surface area contributed by atoms with E-state index >= 15 is 0 Å². The SMILES string of the molecule is CC1CC(=O)NN=C1c1ccc2c(c1)CC1(CC1)C(=O)N2. The summed E-state index contributed by atoms with van der Waals surface area (Å²) in [6.07, 6.45) is 3.25. The molecule has 4 rings (SSSR count). The number of carbonyl (C=O) groups excluding carboxylic acids is 2. The van der Waals surface area contributed by atoms with Crippen LogP contribution in [0.1, 0.15) is 37.3 Å². The lowest BCUT2D eigenvalue weighted by Crippen LogP contribution is -2.33. The summed E-state index contributed by atoms with van der Waals surface area (Å²) < 4.78 is 0. The van der Waals surface area contributed by atoms with Crippen molar-refractivity contribution in [3.63, 3.8) is 0 Å². The highest BCUT2D eigenvalue weighted by Gasteiger charge is 2.52.